The third kappa shape index (κ3) is 8.47. The molecule has 0 radical (unpaired) electrons. The smallest absolute Gasteiger partial charge is 0.129 e. The molecular formula is C20H29N2O3+. The van der Waals surface area contributed by atoms with E-state index < -0.39 is 0 Å². The monoisotopic (exact) mass is 345 g/mol. The minimum absolute atomic E-state index is 0.0503. The molecule has 1 aromatic carbocycles. The first kappa shape index (κ1) is 20.9. The number of rotatable bonds is 12. The maximum absolute atomic E-state index is 9.11. The fraction of sp³-hybridized carbons (Fsp3) is 0.300. The lowest BCUT2D eigenvalue weighted by Crippen LogP contribution is -2.82. The van der Waals surface area contributed by atoms with Crippen LogP contribution in [0.1, 0.15) is 5.56 Å². The van der Waals surface area contributed by atoms with E-state index in [9.17, 15) is 0 Å². The molecule has 0 heterocycles. The molecule has 136 valence electrons. The lowest BCUT2D eigenvalue weighted by molar-refractivity contribution is -0.603. The number of allylic oxidation sites excluding steroid dienone is 5. The van der Waals surface area contributed by atoms with E-state index in [-0.39, 0.29) is 19.8 Å². The van der Waals surface area contributed by atoms with Crippen molar-refractivity contribution in [3.63, 3.8) is 0 Å². The molecular weight excluding hydrogens is 316 g/mol. The first-order valence-electron chi connectivity index (χ1n) is 8.43. The van der Waals surface area contributed by atoms with E-state index in [1.54, 1.807) is 6.08 Å². The second-order valence-electron chi connectivity index (χ2n) is 5.36. The van der Waals surface area contributed by atoms with Gasteiger partial charge in [-0.25, -0.2) is 0 Å². The van der Waals surface area contributed by atoms with Gasteiger partial charge in [0.2, 0.25) is 0 Å². The van der Waals surface area contributed by atoms with Crippen LogP contribution in [-0.4, -0.2) is 54.8 Å². The maximum Gasteiger partial charge on any atom is 0.129 e. The zero-order chi connectivity index (χ0) is 18.3. The summed E-state index contributed by atoms with van der Waals surface area (Å²) in [5.41, 5.74) is 3.03. The van der Waals surface area contributed by atoms with Gasteiger partial charge in [0.05, 0.1) is 19.8 Å². The molecule has 5 heteroatoms. The van der Waals surface area contributed by atoms with E-state index in [1.165, 1.54) is 0 Å². The van der Waals surface area contributed by atoms with E-state index in [0.717, 1.165) is 16.9 Å². The molecule has 0 aromatic heterocycles. The number of hydrogen-bond acceptors (Lipinski definition) is 4. The van der Waals surface area contributed by atoms with E-state index in [0.29, 0.717) is 19.6 Å². The normalized spacial score (nSPS) is 12.2. The number of quaternary nitrogens is 1. The maximum atomic E-state index is 9.11. The van der Waals surface area contributed by atoms with Crippen molar-refractivity contribution >= 4 is 11.8 Å². The second kappa shape index (κ2) is 13.1. The highest BCUT2D eigenvalue weighted by atomic mass is 16.3. The molecule has 1 aromatic rings. The van der Waals surface area contributed by atoms with Crippen LogP contribution in [0.5, 0.6) is 0 Å². The summed E-state index contributed by atoms with van der Waals surface area (Å²) >= 11 is 0. The Bertz CT molecular complexity index is 571. The average Bonchev–Trinajstić information content (AvgIpc) is 2.64. The summed E-state index contributed by atoms with van der Waals surface area (Å²) in [6.45, 7) is 5.46. The lowest BCUT2D eigenvalue weighted by atomic mass is 10.1. The summed E-state index contributed by atoms with van der Waals surface area (Å²) in [6, 6.07) is 7.94. The van der Waals surface area contributed by atoms with Crippen molar-refractivity contribution in [2.24, 2.45) is 0 Å². The van der Waals surface area contributed by atoms with Crippen LogP contribution in [-0.2, 0) is 0 Å². The van der Waals surface area contributed by atoms with Gasteiger partial charge in [-0.05, 0) is 35.9 Å². The average molecular weight is 345 g/mol. The first-order valence-corrected chi connectivity index (χ1v) is 8.43. The minimum atomic E-state index is 0.0503. The zero-order valence-corrected chi connectivity index (χ0v) is 14.6. The van der Waals surface area contributed by atoms with Crippen molar-refractivity contribution in [1.82, 2.24) is 0 Å². The molecule has 0 amide bonds. The van der Waals surface area contributed by atoms with Crippen LogP contribution >= 0.6 is 0 Å². The second-order valence-corrected chi connectivity index (χ2v) is 5.36. The van der Waals surface area contributed by atoms with Gasteiger partial charge in [0.1, 0.15) is 12.2 Å². The van der Waals surface area contributed by atoms with Crippen LogP contribution in [0.2, 0.25) is 0 Å². The zero-order valence-electron chi connectivity index (χ0n) is 14.6. The number of anilines is 1. The first-order chi connectivity index (χ1) is 12.2. The van der Waals surface area contributed by atoms with Crippen molar-refractivity contribution in [2.75, 3.05) is 44.4 Å². The Morgan fingerprint density at radius 3 is 2.24 bits per heavy atom. The standard InChI is InChI=1S/C20H28N2O3/c1-2-3-4-5-19(21-12-15-23)9-6-18-7-10-20(11-8-18)22(13-16-24)14-17-25/h2-11,21,23-25H,1,12-17H2/p+1/b4-3-,9-6+,19-5-. The molecule has 0 unspecified atom stereocenters. The highest BCUT2D eigenvalue weighted by molar-refractivity contribution is 5.57. The number of hydrogen-bond donors (Lipinski definition) is 4. The summed E-state index contributed by atoms with van der Waals surface area (Å²) in [7, 11) is 0. The van der Waals surface area contributed by atoms with Crippen molar-refractivity contribution in [1.29, 1.82) is 0 Å². The van der Waals surface area contributed by atoms with Crippen LogP contribution in [0.3, 0.4) is 0 Å². The summed E-state index contributed by atoms with van der Waals surface area (Å²) in [4.78, 5) is 1.94. The summed E-state index contributed by atoms with van der Waals surface area (Å²) in [5, 5.41) is 29.2. The van der Waals surface area contributed by atoms with Gasteiger partial charge in [-0.3, -0.25) is 0 Å². The predicted molar refractivity (Wildman–Crippen MR) is 103 cm³/mol. The number of nitrogens with two attached hydrogens (primary N) is 1. The molecule has 25 heavy (non-hydrogen) atoms. The van der Waals surface area contributed by atoms with E-state index in [2.05, 4.69) is 6.58 Å². The molecule has 0 aliphatic heterocycles. The Kier molecular flexibility index (Phi) is 11.0. The van der Waals surface area contributed by atoms with E-state index >= 15 is 0 Å². The van der Waals surface area contributed by atoms with Crippen LogP contribution in [0.4, 0.5) is 5.69 Å². The fourth-order valence-electron chi connectivity index (χ4n) is 2.27. The number of aliphatic hydroxyl groups excluding tert-OH is 3. The van der Waals surface area contributed by atoms with Gasteiger partial charge >= 0.3 is 0 Å². The predicted octanol–water partition coefficient (Wildman–Crippen LogP) is 0.673. The van der Waals surface area contributed by atoms with Crippen LogP contribution < -0.4 is 10.2 Å². The molecule has 0 fully saturated rings. The van der Waals surface area contributed by atoms with Crippen LogP contribution in [0, 0.1) is 0 Å². The molecule has 5 N–H and O–H groups in total. The highest BCUT2D eigenvalue weighted by Crippen LogP contribution is 2.16. The summed E-state index contributed by atoms with van der Waals surface area (Å²) in [6.07, 6.45) is 11.4. The van der Waals surface area contributed by atoms with Crippen LogP contribution in [0.15, 0.2) is 66.9 Å². The Morgan fingerprint density at radius 1 is 1.00 bits per heavy atom. The quantitative estimate of drug-likeness (QED) is 0.420. The topological polar surface area (TPSA) is 80.5 Å². The molecule has 5 nitrogen and oxygen atoms in total. The number of benzene rings is 1. The molecule has 0 aliphatic carbocycles. The van der Waals surface area contributed by atoms with Crippen molar-refractivity contribution in [2.45, 2.75) is 0 Å². The minimum Gasteiger partial charge on any atom is -0.395 e. The van der Waals surface area contributed by atoms with Gasteiger partial charge in [0, 0.05) is 18.8 Å². The van der Waals surface area contributed by atoms with Gasteiger partial charge in [0.15, 0.2) is 0 Å². The van der Waals surface area contributed by atoms with Gasteiger partial charge < -0.3 is 25.5 Å². The van der Waals surface area contributed by atoms with Crippen molar-refractivity contribution < 1.29 is 20.6 Å². The highest BCUT2D eigenvalue weighted by Gasteiger charge is 2.04. The Labute approximate surface area is 149 Å². The Balaban J connectivity index is 2.81. The van der Waals surface area contributed by atoms with Gasteiger partial charge in [-0.1, -0.05) is 36.9 Å². The largest absolute Gasteiger partial charge is 0.395 e. The molecule has 1 rings (SSSR count). The number of aliphatic hydroxyl groups is 3. The molecule has 0 aliphatic rings. The Morgan fingerprint density at radius 2 is 1.68 bits per heavy atom. The SMILES string of the molecule is C=C\C=C/C=C(/C=C/c1ccc(N(CCO)CCO)cc1)[NH2+]CCO. The molecule has 0 atom stereocenters. The Hall–Kier alpha value is -2.18. The van der Waals surface area contributed by atoms with E-state index in [4.69, 9.17) is 15.3 Å². The summed E-state index contributed by atoms with van der Waals surface area (Å²) in [5.74, 6) is 0. The van der Waals surface area contributed by atoms with Crippen molar-refractivity contribution in [3.8, 4) is 0 Å². The molecule has 0 bridgehead atoms. The fourth-order valence-corrected chi connectivity index (χ4v) is 2.27. The van der Waals surface area contributed by atoms with Gasteiger partial charge in [-0.2, -0.15) is 0 Å². The van der Waals surface area contributed by atoms with Crippen molar-refractivity contribution in [3.05, 3.63) is 72.5 Å². The third-order valence-corrected chi connectivity index (χ3v) is 3.51. The van der Waals surface area contributed by atoms with Gasteiger partial charge in [0.25, 0.3) is 0 Å². The third-order valence-electron chi connectivity index (χ3n) is 3.51. The number of nitrogens with zero attached hydrogens (tertiary/aromatic N) is 1. The van der Waals surface area contributed by atoms with Gasteiger partial charge in [-0.15, -0.1) is 0 Å². The van der Waals surface area contributed by atoms with E-state index in [1.807, 2.05) is 64.9 Å². The molecule has 0 saturated carbocycles. The lowest BCUT2D eigenvalue weighted by Gasteiger charge is -2.22. The molecule has 0 saturated heterocycles. The van der Waals surface area contributed by atoms with Crippen LogP contribution in [0.25, 0.3) is 6.08 Å². The summed E-state index contributed by atoms with van der Waals surface area (Å²) < 4.78 is 0. The molecule has 0 spiro atoms.